The monoisotopic (exact) mass is 621 g/mol. The SMILES string of the molecule is Cc1cc(S(=O)(=O)NCCCN2CCOCC2)ccc1NC(=O)COc1ccc(Cl)cc1C(=O)c1cc(F)cc(F)c1. The van der Waals surface area contributed by atoms with E-state index in [0.717, 1.165) is 31.8 Å². The third-order valence-corrected chi connectivity index (χ3v) is 8.19. The Kier molecular flexibility index (Phi) is 10.6. The summed E-state index contributed by atoms with van der Waals surface area (Å²) in [4.78, 5) is 27.9. The number of nitrogens with one attached hydrogen (secondary N) is 2. The molecule has 3 aromatic rings. The van der Waals surface area contributed by atoms with Gasteiger partial charge in [-0.15, -0.1) is 0 Å². The number of ether oxygens (including phenoxy) is 2. The summed E-state index contributed by atoms with van der Waals surface area (Å²) >= 11 is 6.02. The number of carbonyl (C=O) groups is 2. The summed E-state index contributed by atoms with van der Waals surface area (Å²) in [5.74, 6) is -3.18. The molecule has 0 radical (unpaired) electrons. The molecule has 224 valence electrons. The molecule has 9 nitrogen and oxygen atoms in total. The Morgan fingerprint density at radius 2 is 1.74 bits per heavy atom. The van der Waals surface area contributed by atoms with E-state index in [4.69, 9.17) is 21.1 Å². The minimum atomic E-state index is -3.74. The van der Waals surface area contributed by atoms with Crippen LogP contribution in [-0.2, 0) is 19.6 Å². The number of hydrogen-bond acceptors (Lipinski definition) is 7. The predicted octanol–water partition coefficient (Wildman–Crippen LogP) is 4.18. The lowest BCUT2D eigenvalue weighted by Gasteiger charge is -2.26. The first-order valence-corrected chi connectivity index (χ1v) is 15.0. The van der Waals surface area contributed by atoms with E-state index in [1.807, 2.05) is 0 Å². The van der Waals surface area contributed by atoms with Gasteiger partial charge in [0.15, 0.2) is 12.4 Å². The Balaban J connectivity index is 1.34. The highest BCUT2D eigenvalue weighted by atomic mass is 35.5. The molecule has 1 heterocycles. The first-order chi connectivity index (χ1) is 20.0. The molecule has 0 saturated carbocycles. The molecule has 13 heteroatoms. The molecule has 2 N–H and O–H groups in total. The third-order valence-electron chi connectivity index (χ3n) is 6.50. The Morgan fingerprint density at radius 3 is 2.43 bits per heavy atom. The van der Waals surface area contributed by atoms with Crippen molar-refractivity contribution < 1.29 is 36.3 Å². The van der Waals surface area contributed by atoms with Crippen molar-refractivity contribution in [3.8, 4) is 5.75 Å². The number of amides is 1. The van der Waals surface area contributed by atoms with Crippen LogP contribution in [0.1, 0.15) is 27.9 Å². The van der Waals surface area contributed by atoms with Crippen LogP contribution in [0.4, 0.5) is 14.5 Å². The number of ketones is 1. The van der Waals surface area contributed by atoms with Crippen molar-refractivity contribution in [3.63, 3.8) is 0 Å². The molecule has 4 rings (SSSR count). The summed E-state index contributed by atoms with van der Waals surface area (Å²) in [5, 5.41) is 2.83. The van der Waals surface area contributed by atoms with Crippen LogP contribution in [0.15, 0.2) is 59.5 Å². The maximum Gasteiger partial charge on any atom is 0.262 e. The lowest BCUT2D eigenvalue weighted by molar-refractivity contribution is -0.118. The zero-order valence-corrected chi connectivity index (χ0v) is 24.4. The summed E-state index contributed by atoms with van der Waals surface area (Å²) in [6.45, 7) is 5.23. The molecule has 0 aromatic heterocycles. The summed E-state index contributed by atoms with van der Waals surface area (Å²) < 4.78 is 66.3. The van der Waals surface area contributed by atoms with Crippen LogP contribution in [0.3, 0.4) is 0 Å². The fourth-order valence-corrected chi connectivity index (χ4v) is 5.67. The first-order valence-electron chi connectivity index (χ1n) is 13.2. The van der Waals surface area contributed by atoms with Crippen LogP contribution in [0.25, 0.3) is 0 Å². The van der Waals surface area contributed by atoms with Gasteiger partial charge in [-0.1, -0.05) is 11.6 Å². The Labute approximate surface area is 247 Å². The molecule has 1 saturated heterocycles. The van der Waals surface area contributed by atoms with E-state index in [9.17, 15) is 26.8 Å². The van der Waals surface area contributed by atoms with E-state index in [2.05, 4.69) is 14.9 Å². The fourth-order valence-electron chi connectivity index (χ4n) is 4.34. The second kappa shape index (κ2) is 14.2. The number of carbonyl (C=O) groups excluding carboxylic acids is 2. The molecule has 0 bridgehead atoms. The highest BCUT2D eigenvalue weighted by molar-refractivity contribution is 7.89. The van der Waals surface area contributed by atoms with Gasteiger partial charge >= 0.3 is 0 Å². The van der Waals surface area contributed by atoms with Gasteiger partial charge in [-0.2, -0.15) is 0 Å². The molecule has 1 aliphatic rings. The molecule has 0 spiro atoms. The number of halogens is 3. The van der Waals surface area contributed by atoms with E-state index in [1.165, 1.54) is 36.4 Å². The Hall–Kier alpha value is -3.42. The fraction of sp³-hybridized carbons (Fsp3) is 0.310. The van der Waals surface area contributed by atoms with Crippen LogP contribution in [-0.4, -0.2) is 71.0 Å². The van der Waals surface area contributed by atoms with Crippen LogP contribution in [0.5, 0.6) is 5.75 Å². The van der Waals surface area contributed by atoms with Crippen molar-refractivity contribution >= 4 is 39.0 Å². The zero-order chi connectivity index (χ0) is 30.3. The molecular formula is C29H30ClF2N3O6S. The average Bonchev–Trinajstić information content (AvgIpc) is 2.95. The molecule has 0 unspecified atom stereocenters. The highest BCUT2D eigenvalue weighted by Gasteiger charge is 2.20. The quantitative estimate of drug-likeness (QED) is 0.230. The van der Waals surface area contributed by atoms with Crippen LogP contribution in [0, 0.1) is 18.6 Å². The van der Waals surface area contributed by atoms with Crippen molar-refractivity contribution in [2.45, 2.75) is 18.2 Å². The standard InChI is InChI=1S/C29H30ClF2N3O6S/c1-19-13-24(42(38,39)33-7-2-8-35-9-11-40-12-10-35)4-5-26(19)34-28(36)18-41-27-6-3-21(30)16-25(27)29(37)20-14-22(31)17-23(32)15-20/h3-6,13-17,33H,2,7-12,18H2,1H3,(H,34,36). The molecule has 3 aromatic carbocycles. The van der Waals surface area contributed by atoms with Crippen LogP contribution >= 0.6 is 11.6 Å². The number of hydrogen-bond donors (Lipinski definition) is 2. The van der Waals surface area contributed by atoms with Crippen molar-refractivity contribution in [1.82, 2.24) is 9.62 Å². The van der Waals surface area contributed by atoms with Gasteiger partial charge < -0.3 is 14.8 Å². The normalized spacial score (nSPS) is 14.0. The molecule has 1 fully saturated rings. The van der Waals surface area contributed by atoms with E-state index in [0.29, 0.717) is 37.0 Å². The first kappa shape index (κ1) is 31.5. The Bertz CT molecular complexity index is 1540. The van der Waals surface area contributed by atoms with Crippen molar-refractivity contribution in [2.75, 3.05) is 51.3 Å². The highest BCUT2D eigenvalue weighted by Crippen LogP contribution is 2.27. The molecule has 1 amide bonds. The van der Waals surface area contributed by atoms with E-state index in [-0.39, 0.29) is 33.3 Å². The molecular weight excluding hydrogens is 592 g/mol. The smallest absolute Gasteiger partial charge is 0.262 e. The topological polar surface area (TPSA) is 114 Å². The summed E-state index contributed by atoms with van der Waals surface area (Å²) in [6.07, 6.45) is 0.659. The van der Waals surface area contributed by atoms with Gasteiger partial charge in [0.1, 0.15) is 17.4 Å². The van der Waals surface area contributed by atoms with Crippen LogP contribution in [0.2, 0.25) is 5.02 Å². The maximum absolute atomic E-state index is 13.7. The summed E-state index contributed by atoms with van der Waals surface area (Å²) in [5.41, 5.74) is 0.553. The third kappa shape index (κ3) is 8.55. The number of rotatable bonds is 12. The largest absolute Gasteiger partial charge is 0.483 e. The second-order valence-electron chi connectivity index (χ2n) is 9.65. The minimum Gasteiger partial charge on any atom is -0.483 e. The van der Waals surface area contributed by atoms with E-state index < -0.39 is 40.0 Å². The second-order valence-corrected chi connectivity index (χ2v) is 11.9. The van der Waals surface area contributed by atoms with Crippen molar-refractivity contribution in [2.24, 2.45) is 0 Å². The van der Waals surface area contributed by atoms with Crippen LogP contribution < -0.4 is 14.8 Å². The number of sulfonamides is 1. The van der Waals surface area contributed by atoms with Gasteiger partial charge in [0.2, 0.25) is 10.0 Å². The van der Waals surface area contributed by atoms with Gasteiger partial charge in [0.25, 0.3) is 5.91 Å². The van der Waals surface area contributed by atoms with E-state index >= 15 is 0 Å². The summed E-state index contributed by atoms with van der Waals surface area (Å²) in [7, 11) is -3.74. The molecule has 42 heavy (non-hydrogen) atoms. The predicted molar refractivity (Wildman–Crippen MR) is 154 cm³/mol. The van der Waals surface area contributed by atoms with E-state index in [1.54, 1.807) is 6.92 Å². The maximum atomic E-state index is 13.7. The molecule has 1 aliphatic heterocycles. The number of anilines is 1. The van der Waals surface area contributed by atoms with Crippen molar-refractivity contribution in [1.29, 1.82) is 0 Å². The molecule has 0 aliphatic carbocycles. The van der Waals surface area contributed by atoms with Gasteiger partial charge in [0.05, 0.1) is 23.7 Å². The lowest BCUT2D eigenvalue weighted by atomic mass is 10.0. The average molecular weight is 622 g/mol. The van der Waals surface area contributed by atoms with Gasteiger partial charge in [0, 0.05) is 42.0 Å². The van der Waals surface area contributed by atoms with Gasteiger partial charge in [-0.05, 0) is 74.0 Å². The molecule has 0 atom stereocenters. The Morgan fingerprint density at radius 1 is 1.02 bits per heavy atom. The van der Waals surface area contributed by atoms with Crippen molar-refractivity contribution in [3.05, 3.63) is 87.9 Å². The van der Waals surface area contributed by atoms with Gasteiger partial charge in [-0.3, -0.25) is 14.5 Å². The lowest BCUT2D eigenvalue weighted by Crippen LogP contribution is -2.38. The number of nitrogens with zero attached hydrogens (tertiary/aromatic N) is 1. The number of benzene rings is 3. The minimum absolute atomic E-state index is 0.0120. The van der Waals surface area contributed by atoms with Gasteiger partial charge in [-0.25, -0.2) is 21.9 Å². The zero-order valence-electron chi connectivity index (χ0n) is 22.8. The summed E-state index contributed by atoms with van der Waals surface area (Å²) in [6, 6.07) is 10.8. The number of morpholine rings is 1. The number of aryl methyl sites for hydroxylation is 1.